The minimum Gasteiger partial charge on any atom is -0.303 e. The molecule has 0 fully saturated rings. The molecule has 94 valence electrons. The summed E-state index contributed by atoms with van der Waals surface area (Å²) in [5.41, 5.74) is 0. The molecule has 0 spiro atoms. The molecule has 0 rings (SSSR count). The van der Waals surface area contributed by atoms with Crippen molar-refractivity contribution in [1.29, 1.82) is 5.26 Å². The number of hydrogen-bond donors (Lipinski definition) is 0. The van der Waals surface area contributed by atoms with E-state index < -0.39 is 9.52 Å². The van der Waals surface area contributed by atoms with Crippen LogP contribution in [0.2, 0.25) is 0 Å². The first-order chi connectivity index (χ1) is 7.46. The van der Waals surface area contributed by atoms with E-state index in [9.17, 15) is 4.21 Å². The molecule has 0 aliphatic rings. The fraction of sp³-hybridized carbons (Fsp3) is 0.833. The molecule has 0 aromatic carbocycles. The SMILES string of the molecule is C=S(=O)(C#N)CCN(C)C(CC)CCCC. The molecule has 0 aromatic rings. The second-order valence-corrected chi connectivity index (χ2v) is 6.51. The summed E-state index contributed by atoms with van der Waals surface area (Å²) >= 11 is 0. The zero-order chi connectivity index (χ0) is 12.6. The molecule has 0 N–H and O–H groups in total. The van der Waals surface area contributed by atoms with Crippen LogP contribution in [0.25, 0.3) is 0 Å². The van der Waals surface area contributed by atoms with Crippen LogP contribution in [0.1, 0.15) is 39.5 Å². The normalized spacial score (nSPS) is 16.7. The molecule has 2 atom stereocenters. The lowest BCUT2D eigenvalue weighted by molar-refractivity contribution is 0.233. The van der Waals surface area contributed by atoms with Gasteiger partial charge in [0.05, 0.1) is 9.52 Å². The molecule has 0 saturated carbocycles. The van der Waals surface area contributed by atoms with Crippen molar-refractivity contribution in [2.75, 3.05) is 19.3 Å². The second kappa shape index (κ2) is 7.70. The van der Waals surface area contributed by atoms with Crippen LogP contribution < -0.4 is 0 Å². The Bertz CT molecular complexity index is 316. The van der Waals surface area contributed by atoms with Crippen molar-refractivity contribution in [2.24, 2.45) is 0 Å². The Morgan fingerprint density at radius 1 is 1.50 bits per heavy atom. The predicted molar refractivity (Wildman–Crippen MR) is 72.0 cm³/mol. The van der Waals surface area contributed by atoms with Crippen molar-refractivity contribution >= 4 is 15.4 Å². The van der Waals surface area contributed by atoms with Crippen LogP contribution in [0.4, 0.5) is 0 Å². The van der Waals surface area contributed by atoms with E-state index in [-0.39, 0.29) is 0 Å². The quantitative estimate of drug-likeness (QED) is 0.485. The van der Waals surface area contributed by atoms with Gasteiger partial charge < -0.3 is 4.90 Å². The summed E-state index contributed by atoms with van der Waals surface area (Å²) < 4.78 is 11.5. The highest BCUT2D eigenvalue weighted by molar-refractivity contribution is 8.04. The van der Waals surface area contributed by atoms with Gasteiger partial charge in [0.25, 0.3) is 0 Å². The highest BCUT2D eigenvalue weighted by atomic mass is 32.2. The third-order valence-corrected chi connectivity index (χ3v) is 4.10. The summed E-state index contributed by atoms with van der Waals surface area (Å²) in [7, 11) is -0.475. The maximum Gasteiger partial charge on any atom is 0.156 e. The molecule has 0 saturated heterocycles. The Balaban J connectivity index is 4.12. The van der Waals surface area contributed by atoms with Gasteiger partial charge in [0.2, 0.25) is 0 Å². The van der Waals surface area contributed by atoms with E-state index in [1.165, 1.54) is 19.3 Å². The summed E-state index contributed by atoms with van der Waals surface area (Å²) in [5, 5.41) is 10.4. The predicted octanol–water partition coefficient (Wildman–Crippen LogP) is 2.08. The van der Waals surface area contributed by atoms with Crippen LogP contribution in [0, 0.1) is 10.7 Å². The highest BCUT2D eigenvalue weighted by Gasteiger charge is 2.13. The van der Waals surface area contributed by atoms with E-state index in [4.69, 9.17) is 5.26 Å². The first-order valence-electron chi connectivity index (χ1n) is 5.92. The van der Waals surface area contributed by atoms with Crippen LogP contribution in [0.3, 0.4) is 0 Å². The number of thiocyanates is 1. The molecule has 3 nitrogen and oxygen atoms in total. The molecule has 16 heavy (non-hydrogen) atoms. The van der Waals surface area contributed by atoms with Crippen molar-refractivity contribution < 1.29 is 4.21 Å². The Morgan fingerprint density at radius 2 is 2.12 bits per heavy atom. The van der Waals surface area contributed by atoms with E-state index in [1.54, 1.807) is 5.40 Å². The van der Waals surface area contributed by atoms with Gasteiger partial charge in [-0.2, -0.15) is 5.26 Å². The molecular weight excluding hydrogens is 220 g/mol. The summed E-state index contributed by atoms with van der Waals surface area (Å²) in [4.78, 5) is 2.21. The summed E-state index contributed by atoms with van der Waals surface area (Å²) in [6.07, 6.45) is 4.70. The first kappa shape index (κ1) is 15.5. The minimum absolute atomic E-state index is 0.378. The lowest BCUT2D eigenvalue weighted by atomic mass is 10.1. The summed E-state index contributed by atoms with van der Waals surface area (Å²) in [5.74, 6) is 3.83. The largest absolute Gasteiger partial charge is 0.303 e. The Hall–Kier alpha value is -0.530. The van der Waals surface area contributed by atoms with E-state index in [0.29, 0.717) is 18.3 Å². The van der Waals surface area contributed by atoms with E-state index in [2.05, 4.69) is 24.6 Å². The standard InChI is InChI=1S/C12H24N2OS/c1-5-7-8-12(6-2)14(3)9-10-16(4,15)11-13/h12H,4-10H2,1-3H3. The van der Waals surface area contributed by atoms with Crippen molar-refractivity contribution in [1.82, 2.24) is 4.90 Å². The maximum absolute atomic E-state index is 11.5. The molecule has 0 amide bonds. The third kappa shape index (κ3) is 6.14. The maximum atomic E-state index is 11.5. The van der Waals surface area contributed by atoms with Crippen molar-refractivity contribution in [3.63, 3.8) is 0 Å². The van der Waals surface area contributed by atoms with Crippen LogP contribution in [0.5, 0.6) is 0 Å². The van der Waals surface area contributed by atoms with Crippen LogP contribution in [-0.2, 0) is 9.52 Å². The number of unbranched alkanes of at least 4 members (excludes halogenated alkanes) is 1. The van der Waals surface area contributed by atoms with Gasteiger partial charge in [-0.15, -0.1) is 0 Å². The summed E-state index contributed by atoms with van der Waals surface area (Å²) in [6.45, 7) is 5.05. The van der Waals surface area contributed by atoms with E-state index >= 15 is 0 Å². The average molecular weight is 244 g/mol. The van der Waals surface area contributed by atoms with Crippen molar-refractivity contribution in [2.45, 2.75) is 45.6 Å². The Morgan fingerprint density at radius 3 is 2.56 bits per heavy atom. The zero-order valence-corrected chi connectivity index (χ0v) is 11.6. The monoisotopic (exact) mass is 244 g/mol. The smallest absolute Gasteiger partial charge is 0.156 e. The molecule has 0 radical (unpaired) electrons. The van der Waals surface area contributed by atoms with E-state index in [0.717, 1.165) is 6.42 Å². The topological polar surface area (TPSA) is 44.1 Å². The van der Waals surface area contributed by atoms with Gasteiger partial charge in [0.15, 0.2) is 5.40 Å². The number of nitrogens with zero attached hydrogens (tertiary/aromatic N) is 2. The van der Waals surface area contributed by atoms with Crippen LogP contribution in [-0.4, -0.2) is 40.4 Å². The zero-order valence-electron chi connectivity index (χ0n) is 10.7. The average Bonchev–Trinajstić information content (AvgIpc) is 2.27. The molecule has 0 heterocycles. The molecule has 2 unspecified atom stereocenters. The second-order valence-electron chi connectivity index (χ2n) is 4.29. The van der Waals surface area contributed by atoms with Gasteiger partial charge in [0, 0.05) is 18.3 Å². The number of hydrogen-bond acceptors (Lipinski definition) is 3. The first-order valence-corrected chi connectivity index (χ1v) is 7.82. The lowest BCUT2D eigenvalue weighted by Crippen LogP contribution is -2.34. The molecular formula is C12H24N2OS. The van der Waals surface area contributed by atoms with Gasteiger partial charge in [-0.3, -0.25) is 4.21 Å². The van der Waals surface area contributed by atoms with Gasteiger partial charge >= 0.3 is 0 Å². The fourth-order valence-corrected chi connectivity index (χ4v) is 2.37. The van der Waals surface area contributed by atoms with Crippen molar-refractivity contribution in [3.8, 4) is 5.40 Å². The fourth-order valence-electron chi connectivity index (χ4n) is 1.70. The minimum atomic E-state index is -2.51. The van der Waals surface area contributed by atoms with Crippen molar-refractivity contribution in [3.05, 3.63) is 0 Å². The molecule has 0 aliphatic carbocycles. The third-order valence-electron chi connectivity index (χ3n) is 2.93. The lowest BCUT2D eigenvalue weighted by Gasteiger charge is -2.27. The number of rotatable bonds is 8. The van der Waals surface area contributed by atoms with Crippen LogP contribution >= 0.6 is 0 Å². The van der Waals surface area contributed by atoms with Gasteiger partial charge in [-0.05, 0) is 25.8 Å². The highest BCUT2D eigenvalue weighted by Crippen LogP contribution is 2.10. The molecule has 0 aromatic heterocycles. The number of nitriles is 1. The summed E-state index contributed by atoms with van der Waals surface area (Å²) in [6, 6.07) is 0.536. The Kier molecular flexibility index (Phi) is 7.44. The van der Waals surface area contributed by atoms with Gasteiger partial charge in [-0.1, -0.05) is 26.7 Å². The van der Waals surface area contributed by atoms with Crippen LogP contribution in [0.15, 0.2) is 0 Å². The Labute approximate surface area is 100 Å². The molecule has 4 heteroatoms. The molecule has 0 aliphatic heterocycles. The van der Waals surface area contributed by atoms with Gasteiger partial charge in [0.1, 0.15) is 0 Å². The van der Waals surface area contributed by atoms with Gasteiger partial charge in [-0.25, -0.2) is 0 Å². The van der Waals surface area contributed by atoms with E-state index in [1.807, 2.05) is 7.05 Å². The molecule has 0 bridgehead atoms.